The normalized spacial score (nSPS) is 18.8. The summed E-state index contributed by atoms with van der Waals surface area (Å²) in [5.74, 6) is 0.615. The molecule has 1 aliphatic heterocycles. The number of aryl methyl sites for hydroxylation is 1. The SMILES string of the molecule is Cc1ccc(-n2nc(C(=O)N3CCN(C)CC3)cc2C2CC2)cc1. The van der Waals surface area contributed by atoms with Crippen molar-refractivity contribution in [3.05, 3.63) is 47.3 Å². The second-order valence-corrected chi connectivity index (χ2v) is 7.07. The van der Waals surface area contributed by atoms with Crippen molar-refractivity contribution in [3.8, 4) is 5.69 Å². The number of hydrogen-bond acceptors (Lipinski definition) is 3. The molecule has 1 saturated carbocycles. The van der Waals surface area contributed by atoms with Crippen LogP contribution in [0, 0.1) is 6.92 Å². The van der Waals surface area contributed by atoms with Gasteiger partial charge in [0, 0.05) is 37.8 Å². The van der Waals surface area contributed by atoms with Crippen LogP contribution in [0.5, 0.6) is 0 Å². The largest absolute Gasteiger partial charge is 0.335 e. The van der Waals surface area contributed by atoms with Crippen LogP contribution in [0.25, 0.3) is 5.69 Å². The summed E-state index contributed by atoms with van der Waals surface area (Å²) in [7, 11) is 2.10. The van der Waals surface area contributed by atoms with Crippen LogP contribution in [0.15, 0.2) is 30.3 Å². The molecule has 0 N–H and O–H groups in total. The number of rotatable bonds is 3. The van der Waals surface area contributed by atoms with Gasteiger partial charge in [0.15, 0.2) is 5.69 Å². The fourth-order valence-corrected chi connectivity index (χ4v) is 3.23. The van der Waals surface area contributed by atoms with Crippen molar-refractivity contribution in [1.29, 1.82) is 0 Å². The molecule has 2 aromatic rings. The van der Waals surface area contributed by atoms with Crippen molar-refractivity contribution < 1.29 is 4.79 Å². The Hall–Kier alpha value is -2.14. The van der Waals surface area contributed by atoms with Gasteiger partial charge in [0.2, 0.25) is 0 Å². The van der Waals surface area contributed by atoms with Gasteiger partial charge < -0.3 is 9.80 Å². The Morgan fingerprint density at radius 3 is 2.38 bits per heavy atom. The Balaban J connectivity index is 1.63. The van der Waals surface area contributed by atoms with Crippen LogP contribution in [0.1, 0.15) is 40.5 Å². The van der Waals surface area contributed by atoms with E-state index in [1.54, 1.807) is 0 Å². The smallest absolute Gasteiger partial charge is 0.274 e. The first-order chi connectivity index (χ1) is 11.6. The molecule has 1 amide bonds. The van der Waals surface area contributed by atoms with E-state index < -0.39 is 0 Å². The van der Waals surface area contributed by atoms with Gasteiger partial charge in [-0.2, -0.15) is 5.10 Å². The Bertz CT molecular complexity index is 737. The number of benzene rings is 1. The van der Waals surface area contributed by atoms with Crippen molar-refractivity contribution >= 4 is 5.91 Å². The first-order valence-corrected chi connectivity index (χ1v) is 8.76. The number of likely N-dealkylation sites (N-methyl/N-ethyl adjacent to an activating group) is 1. The number of nitrogens with zero attached hydrogens (tertiary/aromatic N) is 4. The third kappa shape index (κ3) is 2.96. The first kappa shape index (κ1) is 15.4. The van der Waals surface area contributed by atoms with E-state index in [0.29, 0.717) is 11.6 Å². The monoisotopic (exact) mass is 324 g/mol. The molecular formula is C19H24N4O. The minimum atomic E-state index is 0.0656. The summed E-state index contributed by atoms with van der Waals surface area (Å²) >= 11 is 0. The van der Waals surface area contributed by atoms with Crippen LogP contribution in [-0.2, 0) is 0 Å². The second kappa shape index (κ2) is 6.06. The molecule has 1 aliphatic carbocycles. The molecule has 0 atom stereocenters. The lowest BCUT2D eigenvalue weighted by molar-refractivity contribution is 0.0657. The van der Waals surface area contributed by atoms with Crippen LogP contribution < -0.4 is 0 Å². The van der Waals surface area contributed by atoms with Crippen molar-refractivity contribution in [2.45, 2.75) is 25.7 Å². The number of piperazine rings is 1. The molecule has 5 heteroatoms. The highest BCUT2D eigenvalue weighted by Gasteiger charge is 2.31. The molecule has 2 aliphatic rings. The van der Waals surface area contributed by atoms with E-state index in [-0.39, 0.29) is 5.91 Å². The Labute approximate surface area is 142 Å². The zero-order valence-electron chi connectivity index (χ0n) is 14.4. The molecular weight excluding hydrogens is 300 g/mol. The molecule has 4 rings (SSSR count). The summed E-state index contributed by atoms with van der Waals surface area (Å²) in [5, 5.41) is 4.68. The van der Waals surface area contributed by atoms with Gasteiger partial charge in [0.1, 0.15) is 0 Å². The molecule has 1 aromatic carbocycles. The lowest BCUT2D eigenvalue weighted by Gasteiger charge is -2.31. The highest BCUT2D eigenvalue weighted by molar-refractivity contribution is 5.92. The van der Waals surface area contributed by atoms with E-state index in [2.05, 4.69) is 48.2 Å². The Morgan fingerprint density at radius 2 is 1.75 bits per heavy atom. The van der Waals surface area contributed by atoms with Crippen LogP contribution >= 0.6 is 0 Å². The Kier molecular flexibility index (Phi) is 3.88. The van der Waals surface area contributed by atoms with Gasteiger partial charge in [-0.1, -0.05) is 17.7 Å². The molecule has 0 spiro atoms. The molecule has 2 heterocycles. The molecule has 1 aromatic heterocycles. The third-order valence-electron chi connectivity index (χ3n) is 5.02. The standard InChI is InChI=1S/C19H24N4O/c1-14-3-7-16(8-4-14)23-18(15-5-6-15)13-17(20-23)19(24)22-11-9-21(2)10-12-22/h3-4,7-8,13,15H,5-6,9-12H2,1-2H3. The molecule has 2 fully saturated rings. The van der Waals surface area contributed by atoms with Crippen molar-refractivity contribution in [2.75, 3.05) is 33.2 Å². The van der Waals surface area contributed by atoms with Gasteiger partial charge in [-0.15, -0.1) is 0 Å². The van der Waals surface area contributed by atoms with Crippen LogP contribution in [0.2, 0.25) is 0 Å². The number of amides is 1. The van der Waals surface area contributed by atoms with E-state index in [4.69, 9.17) is 0 Å². The number of hydrogen-bond donors (Lipinski definition) is 0. The van der Waals surface area contributed by atoms with Gasteiger partial charge in [0.05, 0.1) is 5.69 Å². The summed E-state index contributed by atoms with van der Waals surface area (Å²) in [6.07, 6.45) is 2.39. The summed E-state index contributed by atoms with van der Waals surface area (Å²) in [4.78, 5) is 17.0. The number of carbonyl (C=O) groups is 1. The van der Waals surface area contributed by atoms with Gasteiger partial charge >= 0.3 is 0 Å². The summed E-state index contributed by atoms with van der Waals surface area (Å²) < 4.78 is 1.97. The number of aromatic nitrogens is 2. The predicted octanol–water partition coefficient (Wildman–Crippen LogP) is 2.45. The van der Waals surface area contributed by atoms with Gasteiger partial charge in [-0.3, -0.25) is 4.79 Å². The molecule has 24 heavy (non-hydrogen) atoms. The minimum absolute atomic E-state index is 0.0656. The van der Waals surface area contributed by atoms with E-state index in [1.807, 2.05) is 15.6 Å². The fraction of sp³-hybridized carbons (Fsp3) is 0.474. The zero-order chi connectivity index (χ0) is 16.7. The highest BCUT2D eigenvalue weighted by Crippen LogP contribution is 2.41. The maximum Gasteiger partial charge on any atom is 0.274 e. The first-order valence-electron chi connectivity index (χ1n) is 8.76. The quantitative estimate of drug-likeness (QED) is 0.871. The summed E-state index contributed by atoms with van der Waals surface area (Å²) in [6, 6.07) is 10.4. The van der Waals surface area contributed by atoms with Crippen LogP contribution in [0.3, 0.4) is 0 Å². The lowest BCUT2D eigenvalue weighted by Crippen LogP contribution is -2.47. The van der Waals surface area contributed by atoms with Crippen molar-refractivity contribution in [2.24, 2.45) is 0 Å². The van der Waals surface area contributed by atoms with E-state index >= 15 is 0 Å². The fourth-order valence-electron chi connectivity index (χ4n) is 3.23. The number of carbonyl (C=O) groups excluding carboxylic acids is 1. The molecule has 5 nitrogen and oxygen atoms in total. The predicted molar refractivity (Wildman–Crippen MR) is 93.7 cm³/mol. The summed E-state index contributed by atoms with van der Waals surface area (Å²) in [6.45, 7) is 5.51. The van der Waals surface area contributed by atoms with Crippen LogP contribution in [-0.4, -0.2) is 58.7 Å². The van der Waals surface area contributed by atoms with Gasteiger partial charge in [-0.05, 0) is 45.0 Å². The van der Waals surface area contributed by atoms with Crippen molar-refractivity contribution in [3.63, 3.8) is 0 Å². The third-order valence-corrected chi connectivity index (χ3v) is 5.02. The maximum atomic E-state index is 12.8. The van der Waals surface area contributed by atoms with Crippen LogP contribution in [0.4, 0.5) is 0 Å². The lowest BCUT2D eigenvalue weighted by atomic mass is 10.2. The average Bonchev–Trinajstić information content (AvgIpc) is 3.34. The topological polar surface area (TPSA) is 41.4 Å². The van der Waals surface area contributed by atoms with Crippen molar-refractivity contribution in [1.82, 2.24) is 19.6 Å². The second-order valence-electron chi connectivity index (χ2n) is 7.07. The van der Waals surface area contributed by atoms with E-state index in [1.165, 1.54) is 24.1 Å². The highest BCUT2D eigenvalue weighted by atomic mass is 16.2. The summed E-state index contributed by atoms with van der Waals surface area (Å²) in [5.41, 5.74) is 4.03. The van der Waals surface area contributed by atoms with E-state index in [0.717, 1.165) is 31.9 Å². The Morgan fingerprint density at radius 1 is 1.08 bits per heavy atom. The molecule has 0 radical (unpaired) electrons. The van der Waals surface area contributed by atoms with Gasteiger partial charge in [-0.25, -0.2) is 4.68 Å². The molecule has 126 valence electrons. The molecule has 0 unspecified atom stereocenters. The molecule has 1 saturated heterocycles. The zero-order valence-corrected chi connectivity index (χ0v) is 14.4. The maximum absolute atomic E-state index is 12.8. The minimum Gasteiger partial charge on any atom is -0.335 e. The molecule has 0 bridgehead atoms. The van der Waals surface area contributed by atoms with E-state index in [9.17, 15) is 4.79 Å². The average molecular weight is 324 g/mol. The van der Waals surface area contributed by atoms with Gasteiger partial charge in [0.25, 0.3) is 5.91 Å².